The minimum atomic E-state index is -0.842. The second-order valence-corrected chi connectivity index (χ2v) is 5.54. The van der Waals surface area contributed by atoms with Gasteiger partial charge in [0, 0.05) is 16.8 Å². The Morgan fingerprint density at radius 3 is 2.50 bits per heavy atom. The molecule has 3 nitrogen and oxygen atoms in total. The molecule has 20 heavy (non-hydrogen) atoms. The van der Waals surface area contributed by atoms with E-state index >= 15 is 0 Å². The molecular weight excluding hydrogens is 276 g/mol. The van der Waals surface area contributed by atoms with Crippen molar-refractivity contribution in [3.8, 4) is 0 Å². The average Bonchev–Trinajstić information content (AvgIpc) is 2.38. The Bertz CT molecular complexity index is 624. The van der Waals surface area contributed by atoms with Crippen molar-refractivity contribution in [2.24, 2.45) is 5.92 Å². The fraction of sp³-hybridized carbons (Fsp3) is 0.312. The van der Waals surface area contributed by atoms with Crippen LogP contribution in [0.15, 0.2) is 36.4 Å². The second kappa shape index (κ2) is 6.25. The molecule has 0 spiro atoms. The molecule has 0 radical (unpaired) electrons. The molecule has 0 aliphatic carbocycles. The number of benzene rings is 2. The van der Waals surface area contributed by atoms with Crippen LogP contribution in [0.4, 0.5) is 0 Å². The monoisotopic (exact) mass is 292 g/mol. The molecular formula is C16H17ClO3. The van der Waals surface area contributed by atoms with Gasteiger partial charge in [0.2, 0.25) is 0 Å². The Balaban J connectivity index is 2.28. The SMILES string of the molecule is CC(CC(=O)O)CC(O)c1ccc(Cl)c2ccccc12. The molecule has 0 amide bonds. The van der Waals surface area contributed by atoms with Gasteiger partial charge in [0.25, 0.3) is 0 Å². The molecule has 2 atom stereocenters. The number of rotatable bonds is 5. The summed E-state index contributed by atoms with van der Waals surface area (Å²) in [6.45, 7) is 1.83. The summed E-state index contributed by atoms with van der Waals surface area (Å²) in [5.74, 6) is -0.928. The van der Waals surface area contributed by atoms with Gasteiger partial charge >= 0.3 is 5.97 Å². The first kappa shape index (κ1) is 14.8. The van der Waals surface area contributed by atoms with Crippen molar-refractivity contribution in [2.45, 2.75) is 25.9 Å². The van der Waals surface area contributed by atoms with Crippen LogP contribution in [0.5, 0.6) is 0 Å². The van der Waals surface area contributed by atoms with Crippen molar-refractivity contribution in [2.75, 3.05) is 0 Å². The molecule has 2 aromatic carbocycles. The van der Waals surface area contributed by atoms with Crippen molar-refractivity contribution < 1.29 is 15.0 Å². The van der Waals surface area contributed by atoms with Crippen molar-refractivity contribution >= 4 is 28.3 Å². The number of hydrogen-bond acceptors (Lipinski definition) is 2. The summed E-state index contributed by atoms with van der Waals surface area (Å²) in [4.78, 5) is 10.7. The maximum Gasteiger partial charge on any atom is 0.303 e. The Kier molecular flexibility index (Phi) is 4.63. The van der Waals surface area contributed by atoms with Gasteiger partial charge < -0.3 is 10.2 Å². The van der Waals surface area contributed by atoms with Gasteiger partial charge in [-0.25, -0.2) is 0 Å². The van der Waals surface area contributed by atoms with Gasteiger partial charge in [-0.1, -0.05) is 48.9 Å². The standard InChI is InChI=1S/C16H17ClO3/c1-10(9-16(19)20)8-15(18)13-6-7-14(17)12-5-3-2-4-11(12)13/h2-7,10,15,18H,8-9H2,1H3,(H,19,20). The summed E-state index contributed by atoms with van der Waals surface area (Å²) < 4.78 is 0. The largest absolute Gasteiger partial charge is 0.481 e. The first-order chi connectivity index (χ1) is 9.49. The molecule has 0 saturated heterocycles. The fourth-order valence-corrected chi connectivity index (χ4v) is 2.69. The van der Waals surface area contributed by atoms with E-state index in [2.05, 4.69) is 0 Å². The molecule has 2 rings (SSSR count). The Morgan fingerprint density at radius 2 is 1.85 bits per heavy atom. The van der Waals surface area contributed by atoms with E-state index in [1.165, 1.54) is 0 Å². The van der Waals surface area contributed by atoms with Crippen LogP contribution in [0.1, 0.15) is 31.4 Å². The minimum Gasteiger partial charge on any atom is -0.481 e. The summed E-state index contributed by atoms with van der Waals surface area (Å²) in [6, 6.07) is 11.2. The summed E-state index contributed by atoms with van der Waals surface area (Å²) in [6.07, 6.45) is -0.216. The van der Waals surface area contributed by atoms with E-state index in [0.717, 1.165) is 16.3 Å². The smallest absolute Gasteiger partial charge is 0.303 e. The Hall–Kier alpha value is -1.58. The molecule has 106 valence electrons. The number of fused-ring (bicyclic) bond motifs is 1. The van der Waals surface area contributed by atoms with E-state index in [9.17, 15) is 9.90 Å². The van der Waals surface area contributed by atoms with Gasteiger partial charge in [-0.3, -0.25) is 4.79 Å². The number of carboxylic acid groups (broad SMARTS) is 1. The van der Waals surface area contributed by atoms with E-state index in [0.29, 0.717) is 11.4 Å². The fourth-order valence-electron chi connectivity index (χ4n) is 2.47. The number of aliphatic hydroxyl groups is 1. The van der Waals surface area contributed by atoms with Gasteiger partial charge in [-0.05, 0) is 29.4 Å². The number of carboxylic acids is 1. The third kappa shape index (κ3) is 3.30. The maximum atomic E-state index is 10.7. The number of halogens is 1. The molecule has 2 N–H and O–H groups in total. The number of aliphatic hydroxyl groups excluding tert-OH is 1. The zero-order valence-corrected chi connectivity index (χ0v) is 12.0. The highest BCUT2D eigenvalue weighted by molar-refractivity contribution is 6.35. The van der Waals surface area contributed by atoms with Gasteiger partial charge in [0.05, 0.1) is 6.10 Å². The first-order valence-electron chi connectivity index (χ1n) is 6.56. The van der Waals surface area contributed by atoms with Crippen LogP contribution in [0.25, 0.3) is 10.8 Å². The van der Waals surface area contributed by atoms with Crippen LogP contribution in [0.2, 0.25) is 5.02 Å². The van der Waals surface area contributed by atoms with E-state index in [1.54, 1.807) is 6.07 Å². The minimum absolute atomic E-state index is 0.0581. The van der Waals surface area contributed by atoms with E-state index in [4.69, 9.17) is 16.7 Å². The molecule has 0 aliphatic heterocycles. The summed E-state index contributed by atoms with van der Waals surface area (Å²) in [7, 11) is 0. The molecule has 0 aromatic heterocycles. The Morgan fingerprint density at radius 1 is 1.20 bits per heavy atom. The lowest BCUT2D eigenvalue weighted by Gasteiger charge is -2.17. The second-order valence-electron chi connectivity index (χ2n) is 5.14. The number of hydrogen-bond donors (Lipinski definition) is 2. The van der Waals surface area contributed by atoms with Crippen LogP contribution >= 0.6 is 11.6 Å². The average molecular weight is 293 g/mol. The highest BCUT2D eigenvalue weighted by Gasteiger charge is 2.17. The molecule has 0 saturated carbocycles. The zero-order valence-electron chi connectivity index (χ0n) is 11.2. The van der Waals surface area contributed by atoms with E-state index < -0.39 is 12.1 Å². The van der Waals surface area contributed by atoms with Crippen molar-refractivity contribution in [3.05, 3.63) is 47.0 Å². The summed E-state index contributed by atoms with van der Waals surface area (Å²) in [5, 5.41) is 21.6. The van der Waals surface area contributed by atoms with Crippen LogP contribution in [-0.2, 0) is 4.79 Å². The molecule has 0 heterocycles. The van der Waals surface area contributed by atoms with Gasteiger partial charge in [-0.15, -0.1) is 0 Å². The molecule has 4 heteroatoms. The number of aliphatic carboxylic acids is 1. The zero-order chi connectivity index (χ0) is 14.7. The van der Waals surface area contributed by atoms with E-state index in [1.807, 2.05) is 37.3 Å². The lowest BCUT2D eigenvalue weighted by Crippen LogP contribution is -2.09. The lowest BCUT2D eigenvalue weighted by molar-refractivity contribution is -0.138. The Labute approximate surface area is 122 Å². The topological polar surface area (TPSA) is 57.5 Å². The highest BCUT2D eigenvalue weighted by atomic mass is 35.5. The normalized spacial score (nSPS) is 14.2. The van der Waals surface area contributed by atoms with Gasteiger partial charge in [-0.2, -0.15) is 0 Å². The molecule has 0 aliphatic rings. The quantitative estimate of drug-likeness (QED) is 0.875. The molecule has 2 unspecified atom stereocenters. The van der Waals surface area contributed by atoms with Crippen LogP contribution < -0.4 is 0 Å². The molecule has 0 fully saturated rings. The summed E-state index contributed by atoms with van der Waals surface area (Å²) >= 11 is 6.15. The maximum absolute atomic E-state index is 10.7. The third-order valence-electron chi connectivity index (χ3n) is 3.41. The first-order valence-corrected chi connectivity index (χ1v) is 6.94. The van der Waals surface area contributed by atoms with Crippen LogP contribution in [-0.4, -0.2) is 16.2 Å². The van der Waals surface area contributed by atoms with E-state index in [-0.39, 0.29) is 12.3 Å². The highest BCUT2D eigenvalue weighted by Crippen LogP contribution is 2.32. The van der Waals surface area contributed by atoms with Crippen molar-refractivity contribution in [1.29, 1.82) is 0 Å². The third-order valence-corrected chi connectivity index (χ3v) is 3.74. The van der Waals surface area contributed by atoms with Gasteiger partial charge in [0.1, 0.15) is 0 Å². The van der Waals surface area contributed by atoms with Crippen molar-refractivity contribution in [1.82, 2.24) is 0 Å². The van der Waals surface area contributed by atoms with Crippen LogP contribution in [0.3, 0.4) is 0 Å². The van der Waals surface area contributed by atoms with Crippen molar-refractivity contribution in [3.63, 3.8) is 0 Å². The lowest BCUT2D eigenvalue weighted by atomic mass is 9.93. The molecule has 2 aromatic rings. The predicted molar refractivity (Wildman–Crippen MR) is 80.0 cm³/mol. The van der Waals surface area contributed by atoms with Crippen LogP contribution in [0, 0.1) is 5.92 Å². The molecule has 0 bridgehead atoms. The predicted octanol–water partition coefficient (Wildman–Crippen LogP) is 4.03. The number of carbonyl (C=O) groups is 1. The summed E-state index contributed by atoms with van der Waals surface area (Å²) in [5.41, 5.74) is 0.794. The van der Waals surface area contributed by atoms with Gasteiger partial charge in [0.15, 0.2) is 0 Å².